The number of hydrogen-bond acceptors (Lipinski definition) is 8. The molecule has 2 aliphatic heterocycles. The number of carbonyl (C=O) groups excluding carboxylic acids is 1. The highest BCUT2D eigenvalue weighted by molar-refractivity contribution is 5.93. The number of fused-ring (bicyclic) bond motifs is 1. The lowest BCUT2D eigenvalue weighted by Gasteiger charge is -2.39. The van der Waals surface area contributed by atoms with E-state index in [1.165, 1.54) is 23.2 Å². The first-order valence-electron chi connectivity index (χ1n) is 14.2. The van der Waals surface area contributed by atoms with Crippen LogP contribution in [0.5, 0.6) is 5.75 Å². The maximum Gasteiger partial charge on any atom is 0.414 e. The topological polar surface area (TPSA) is 142 Å². The summed E-state index contributed by atoms with van der Waals surface area (Å²) >= 11 is 0. The summed E-state index contributed by atoms with van der Waals surface area (Å²) < 4.78 is 42.5. The maximum atomic E-state index is 15.4. The van der Waals surface area contributed by atoms with Crippen LogP contribution in [0.3, 0.4) is 0 Å². The Morgan fingerprint density at radius 2 is 1.84 bits per heavy atom. The Labute approximate surface area is 244 Å². The Morgan fingerprint density at radius 1 is 1.09 bits per heavy atom. The number of hydrogen-bond donors (Lipinski definition) is 3. The van der Waals surface area contributed by atoms with Crippen molar-refractivity contribution in [3.05, 3.63) is 63.9 Å². The zero-order valence-electron chi connectivity index (χ0n) is 23.2. The number of halogens is 2. The molecule has 3 heterocycles. The van der Waals surface area contributed by atoms with E-state index in [1.54, 1.807) is 15.5 Å². The van der Waals surface area contributed by atoms with Gasteiger partial charge in [0, 0.05) is 36.8 Å². The minimum atomic E-state index is -1.36. The molecule has 228 valence electrons. The van der Waals surface area contributed by atoms with Crippen molar-refractivity contribution < 1.29 is 43.2 Å². The molecule has 11 nitrogen and oxygen atoms in total. The van der Waals surface area contributed by atoms with Crippen LogP contribution in [0.15, 0.2) is 41.3 Å². The van der Waals surface area contributed by atoms with Gasteiger partial charge in [0.2, 0.25) is 5.43 Å². The van der Waals surface area contributed by atoms with Crippen LogP contribution in [-0.2, 0) is 4.74 Å². The van der Waals surface area contributed by atoms with Gasteiger partial charge in [-0.15, -0.1) is 0 Å². The molecule has 43 heavy (non-hydrogen) atoms. The number of ether oxygens (including phenoxy) is 2. The lowest BCUT2D eigenvalue weighted by molar-refractivity contribution is -0.0250. The van der Waals surface area contributed by atoms with Crippen molar-refractivity contribution in [2.24, 2.45) is 0 Å². The maximum absolute atomic E-state index is 15.4. The van der Waals surface area contributed by atoms with Gasteiger partial charge in [-0.05, 0) is 56.4 Å². The van der Waals surface area contributed by atoms with Gasteiger partial charge in [0.25, 0.3) is 0 Å². The van der Waals surface area contributed by atoms with Crippen molar-refractivity contribution in [2.75, 3.05) is 42.6 Å². The van der Waals surface area contributed by atoms with Gasteiger partial charge in [-0.2, -0.15) is 0 Å². The fourth-order valence-electron chi connectivity index (χ4n) is 5.84. The quantitative estimate of drug-likeness (QED) is 0.355. The Hall–Kier alpha value is -4.23. The molecule has 2 aromatic carbocycles. The second-order valence-corrected chi connectivity index (χ2v) is 11.4. The van der Waals surface area contributed by atoms with Crippen LogP contribution >= 0.6 is 0 Å². The zero-order valence-corrected chi connectivity index (χ0v) is 23.2. The number of anilines is 2. The minimum Gasteiger partial charge on any atom is -0.488 e. The van der Waals surface area contributed by atoms with Crippen LogP contribution in [0.2, 0.25) is 0 Å². The summed E-state index contributed by atoms with van der Waals surface area (Å²) in [5, 5.41) is 29.9. The number of rotatable bonds is 8. The predicted molar refractivity (Wildman–Crippen MR) is 151 cm³/mol. The van der Waals surface area contributed by atoms with Crippen LogP contribution in [0.1, 0.15) is 48.5 Å². The molecule has 0 radical (unpaired) electrons. The van der Waals surface area contributed by atoms with E-state index >= 15 is 4.39 Å². The van der Waals surface area contributed by atoms with Gasteiger partial charge >= 0.3 is 12.1 Å². The highest BCUT2D eigenvalue weighted by Crippen LogP contribution is 2.37. The molecule has 3 aromatic rings. The van der Waals surface area contributed by atoms with Crippen LogP contribution in [0.25, 0.3) is 10.9 Å². The van der Waals surface area contributed by atoms with E-state index in [9.17, 15) is 34.1 Å². The third-order valence-corrected chi connectivity index (χ3v) is 8.64. The molecule has 1 aliphatic carbocycles. The van der Waals surface area contributed by atoms with Gasteiger partial charge in [-0.3, -0.25) is 9.69 Å². The van der Waals surface area contributed by atoms with Crippen molar-refractivity contribution in [1.82, 2.24) is 4.57 Å². The van der Waals surface area contributed by atoms with Crippen molar-refractivity contribution in [3.8, 4) is 5.75 Å². The number of piperidine rings is 1. The molecule has 1 aromatic heterocycles. The summed E-state index contributed by atoms with van der Waals surface area (Å²) in [6.45, 7) is 0.0474. The number of aliphatic hydroxyl groups excluding tert-OH is 1. The number of aliphatic hydroxyl groups is 2. The molecule has 3 fully saturated rings. The van der Waals surface area contributed by atoms with E-state index < -0.39 is 46.4 Å². The van der Waals surface area contributed by atoms with E-state index in [0.717, 1.165) is 31.4 Å². The van der Waals surface area contributed by atoms with Crippen LogP contribution in [0, 0.1) is 11.6 Å². The second-order valence-electron chi connectivity index (χ2n) is 11.4. The van der Waals surface area contributed by atoms with E-state index in [4.69, 9.17) is 9.47 Å². The number of aromatic nitrogens is 1. The molecule has 3 N–H and O–H groups in total. The molecule has 1 amide bonds. The zero-order chi connectivity index (χ0) is 30.5. The first kappa shape index (κ1) is 28.9. The fraction of sp³-hybridized carbons (Fsp3) is 0.433. The van der Waals surface area contributed by atoms with Gasteiger partial charge < -0.3 is 34.3 Å². The van der Waals surface area contributed by atoms with Crippen LogP contribution in [-0.4, -0.2) is 76.5 Å². The number of cyclic esters (lactones) is 1. The molecule has 0 unspecified atom stereocenters. The summed E-state index contributed by atoms with van der Waals surface area (Å²) in [5.41, 5.74) is -1.48. The summed E-state index contributed by atoms with van der Waals surface area (Å²) in [6.07, 6.45) is 3.00. The Kier molecular flexibility index (Phi) is 7.46. The summed E-state index contributed by atoms with van der Waals surface area (Å²) in [4.78, 5) is 39.5. The van der Waals surface area contributed by atoms with Gasteiger partial charge in [0.05, 0.1) is 30.0 Å². The molecule has 1 saturated carbocycles. The van der Waals surface area contributed by atoms with Gasteiger partial charge in [-0.25, -0.2) is 18.4 Å². The summed E-state index contributed by atoms with van der Waals surface area (Å²) in [7, 11) is 0. The number of nitrogens with zero attached hydrogens (tertiary/aromatic N) is 3. The molecule has 13 heteroatoms. The SMILES string of the molecule is O=C(O)c1cn(C2CCC2)c2cc(N3CCC(O)(COc4ccc(N5C[C@H](CO)OC5=O)cc4F)CC3)c(F)cc2c1=O. The fourth-order valence-corrected chi connectivity index (χ4v) is 5.84. The average Bonchev–Trinajstić information content (AvgIpc) is 3.33. The van der Waals surface area contributed by atoms with E-state index in [1.807, 2.05) is 0 Å². The minimum absolute atomic E-state index is 0.0119. The number of carbonyl (C=O) groups is 2. The Balaban J connectivity index is 1.15. The number of carboxylic acids is 1. The van der Waals surface area contributed by atoms with E-state index in [0.29, 0.717) is 5.52 Å². The molecule has 0 spiro atoms. The first-order valence-corrected chi connectivity index (χ1v) is 14.2. The van der Waals surface area contributed by atoms with Gasteiger partial charge in [-0.1, -0.05) is 0 Å². The largest absolute Gasteiger partial charge is 0.488 e. The molecule has 6 rings (SSSR count). The van der Waals surface area contributed by atoms with Crippen LogP contribution in [0.4, 0.5) is 25.0 Å². The van der Waals surface area contributed by atoms with Crippen molar-refractivity contribution in [1.29, 1.82) is 0 Å². The molecule has 0 bridgehead atoms. The first-order chi connectivity index (χ1) is 20.6. The molecular weight excluding hydrogens is 568 g/mol. The summed E-state index contributed by atoms with van der Waals surface area (Å²) in [6, 6.07) is 6.65. The highest BCUT2D eigenvalue weighted by Gasteiger charge is 2.36. The van der Waals surface area contributed by atoms with E-state index in [-0.39, 0.29) is 74.2 Å². The summed E-state index contributed by atoms with van der Waals surface area (Å²) in [5.74, 6) is -2.87. The number of benzene rings is 2. The standard InChI is InChI=1S/C30H31F2N3O8/c31-22-11-20-24(34(17-2-1-3-17)14-21(27(20)37)28(38)39)12-25(22)33-8-6-30(41,7-9-33)16-42-26-5-4-18(10-23(26)32)35-13-19(15-36)43-29(35)40/h4-5,10-12,14,17,19,36,41H,1-3,6-9,13,15-16H2,(H,38,39)/t19-/m1/s1. The number of amides is 1. The molecule has 2 saturated heterocycles. The van der Waals surface area contributed by atoms with Crippen molar-refractivity contribution in [3.63, 3.8) is 0 Å². The lowest BCUT2D eigenvalue weighted by atomic mass is 9.91. The Morgan fingerprint density at radius 3 is 2.44 bits per heavy atom. The number of pyridine rings is 1. The number of carboxylic acid groups (broad SMARTS) is 1. The lowest BCUT2D eigenvalue weighted by Crippen LogP contribution is -2.48. The number of aromatic carboxylic acids is 1. The monoisotopic (exact) mass is 599 g/mol. The molecule has 1 atom stereocenters. The molecule has 3 aliphatic rings. The van der Waals surface area contributed by atoms with Crippen LogP contribution < -0.4 is 20.0 Å². The van der Waals surface area contributed by atoms with Gasteiger partial charge in [0.1, 0.15) is 29.7 Å². The van der Waals surface area contributed by atoms with Gasteiger partial charge in [0.15, 0.2) is 11.6 Å². The normalized spacial score (nSPS) is 20.3. The average molecular weight is 600 g/mol. The van der Waals surface area contributed by atoms with Crippen molar-refractivity contribution >= 4 is 34.3 Å². The second kappa shape index (κ2) is 11.1. The molecular formula is C30H31F2N3O8. The van der Waals surface area contributed by atoms with E-state index in [2.05, 4.69) is 0 Å². The third kappa shape index (κ3) is 5.38. The predicted octanol–water partition coefficient (Wildman–Crippen LogP) is 3.43. The Bertz CT molecular complexity index is 1650. The smallest absolute Gasteiger partial charge is 0.414 e. The third-order valence-electron chi connectivity index (χ3n) is 8.64. The van der Waals surface area contributed by atoms with Crippen molar-refractivity contribution in [2.45, 2.75) is 49.9 Å². The highest BCUT2D eigenvalue weighted by atomic mass is 19.1.